The van der Waals surface area contributed by atoms with Gasteiger partial charge in [0.25, 0.3) is 0 Å². The first kappa shape index (κ1) is 10.8. The van der Waals surface area contributed by atoms with E-state index in [1.54, 1.807) is 23.0 Å². The lowest BCUT2D eigenvalue weighted by atomic mass is 10.1. The van der Waals surface area contributed by atoms with Crippen LogP contribution in [0, 0.1) is 0 Å². The van der Waals surface area contributed by atoms with Crippen LogP contribution in [0.3, 0.4) is 0 Å². The van der Waals surface area contributed by atoms with Gasteiger partial charge in [0.05, 0.1) is 11.1 Å². The molecule has 0 saturated heterocycles. The Bertz CT molecular complexity index is 599. The molecule has 6 heteroatoms. The number of aromatic nitrogens is 2. The molecule has 0 saturated carbocycles. The highest BCUT2D eigenvalue weighted by Crippen LogP contribution is 2.19. The molecule has 0 radical (unpaired) electrons. The van der Waals surface area contributed by atoms with Crippen LogP contribution in [0.1, 0.15) is 0 Å². The van der Waals surface area contributed by atoms with Crippen molar-refractivity contribution < 1.29 is 8.42 Å². The second-order valence-electron chi connectivity index (χ2n) is 3.47. The maximum atomic E-state index is 11.0. The van der Waals surface area contributed by atoms with E-state index >= 15 is 0 Å². The van der Waals surface area contributed by atoms with Gasteiger partial charge in [-0.05, 0) is 17.7 Å². The normalized spacial score (nSPS) is 11.6. The summed E-state index contributed by atoms with van der Waals surface area (Å²) in [4.78, 5) is 0.111. The zero-order chi connectivity index (χ0) is 11.8. The maximum Gasteiger partial charge on any atom is 0.238 e. The molecule has 16 heavy (non-hydrogen) atoms. The Hall–Kier alpha value is -1.66. The van der Waals surface area contributed by atoms with Crippen LogP contribution in [0.25, 0.3) is 11.1 Å². The van der Waals surface area contributed by atoms with Gasteiger partial charge in [0.15, 0.2) is 0 Å². The monoisotopic (exact) mass is 237 g/mol. The Balaban J connectivity index is 2.40. The third-order valence-electron chi connectivity index (χ3n) is 2.22. The van der Waals surface area contributed by atoms with Gasteiger partial charge in [0, 0.05) is 18.8 Å². The molecular formula is C10H11N3O2S. The second-order valence-corrected chi connectivity index (χ2v) is 5.03. The van der Waals surface area contributed by atoms with E-state index in [0.29, 0.717) is 0 Å². The lowest BCUT2D eigenvalue weighted by molar-refractivity contribution is 0.598. The van der Waals surface area contributed by atoms with Gasteiger partial charge in [0.2, 0.25) is 10.0 Å². The lowest BCUT2D eigenvalue weighted by Gasteiger charge is -2.00. The highest BCUT2D eigenvalue weighted by atomic mass is 32.2. The quantitative estimate of drug-likeness (QED) is 0.836. The standard InChI is InChI=1S/C10H11N3O2S/c1-13-7-9(6-12-13)8-2-4-10(5-3-8)16(11,14)15/h2-7H,1H3,(H2,11,14,15). The van der Waals surface area contributed by atoms with Gasteiger partial charge < -0.3 is 0 Å². The Labute approximate surface area is 93.6 Å². The van der Waals surface area contributed by atoms with Crippen LogP contribution >= 0.6 is 0 Å². The van der Waals surface area contributed by atoms with Crippen molar-refractivity contribution in [3.05, 3.63) is 36.7 Å². The van der Waals surface area contributed by atoms with Crippen LogP contribution in [-0.2, 0) is 17.1 Å². The number of hydrogen-bond donors (Lipinski definition) is 1. The summed E-state index contributed by atoms with van der Waals surface area (Å²) in [6.45, 7) is 0. The Morgan fingerprint density at radius 1 is 1.19 bits per heavy atom. The fourth-order valence-corrected chi connectivity index (χ4v) is 1.92. The number of nitrogens with two attached hydrogens (primary N) is 1. The van der Waals surface area contributed by atoms with Crippen molar-refractivity contribution in [1.29, 1.82) is 0 Å². The van der Waals surface area contributed by atoms with E-state index in [1.165, 1.54) is 12.1 Å². The molecule has 0 amide bonds. The van der Waals surface area contributed by atoms with Crippen molar-refractivity contribution in [3.63, 3.8) is 0 Å². The lowest BCUT2D eigenvalue weighted by Crippen LogP contribution is -2.11. The first-order chi connectivity index (χ1) is 7.47. The van der Waals surface area contributed by atoms with E-state index in [2.05, 4.69) is 5.10 Å². The molecule has 0 aliphatic carbocycles. The largest absolute Gasteiger partial charge is 0.275 e. The summed E-state index contributed by atoms with van der Waals surface area (Å²) in [5.74, 6) is 0. The SMILES string of the molecule is Cn1cc(-c2ccc(S(N)(=O)=O)cc2)cn1. The smallest absolute Gasteiger partial charge is 0.238 e. The van der Waals surface area contributed by atoms with Crippen molar-refractivity contribution >= 4 is 10.0 Å². The molecule has 0 spiro atoms. The molecule has 0 aliphatic rings. The summed E-state index contributed by atoms with van der Waals surface area (Å²) in [7, 11) is -1.80. The number of nitrogens with zero attached hydrogens (tertiary/aromatic N) is 2. The number of rotatable bonds is 2. The summed E-state index contributed by atoms with van der Waals surface area (Å²) >= 11 is 0. The molecule has 0 unspecified atom stereocenters. The van der Waals surface area contributed by atoms with E-state index in [9.17, 15) is 8.42 Å². The van der Waals surface area contributed by atoms with Crippen LogP contribution in [0.2, 0.25) is 0 Å². The molecule has 2 aromatic rings. The summed E-state index contributed by atoms with van der Waals surface area (Å²) in [6.07, 6.45) is 3.57. The maximum absolute atomic E-state index is 11.0. The molecule has 1 heterocycles. The minimum absolute atomic E-state index is 0.111. The summed E-state index contributed by atoms with van der Waals surface area (Å²) in [5, 5.41) is 9.04. The topological polar surface area (TPSA) is 78.0 Å². The molecule has 0 fully saturated rings. The van der Waals surface area contributed by atoms with Crippen LogP contribution < -0.4 is 5.14 Å². The van der Waals surface area contributed by atoms with Gasteiger partial charge >= 0.3 is 0 Å². The fourth-order valence-electron chi connectivity index (χ4n) is 1.41. The minimum atomic E-state index is -3.62. The van der Waals surface area contributed by atoms with Crippen molar-refractivity contribution in [2.45, 2.75) is 4.90 Å². The highest BCUT2D eigenvalue weighted by molar-refractivity contribution is 7.89. The van der Waals surface area contributed by atoms with Gasteiger partial charge in [-0.1, -0.05) is 12.1 Å². The zero-order valence-corrected chi connectivity index (χ0v) is 9.48. The molecular weight excluding hydrogens is 226 g/mol. The van der Waals surface area contributed by atoms with Gasteiger partial charge in [-0.2, -0.15) is 5.10 Å². The average molecular weight is 237 g/mol. The first-order valence-corrected chi connectivity index (χ1v) is 6.13. The third kappa shape index (κ3) is 2.12. The number of benzene rings is 1. The fraction of sp³-hybridized carbons (Fsp3) is 0.100. The summed E-state index contributed by atoms with van der Waals surface area (Å²) in [5.41, 5.74) is 1.84. The predicted octanol–water partition coefficient (Wildman–Crippen LogP) is 0.735. The Morgan fingerprint density at radius 2 is 1.81 bits per heavy atom. The van der Waals surface area contributed by atoms with Crippen LogP contribution in [-0.4, -0.2) is 18.2 Å². The highest BCUT2D eigenvalue weighted by Gasteiger charge is 2.07. The van der Waals surface area contributed by atoms with Crippen LogP contribution in [0.15, 0.2) is 41.6 Å². The number of sulfonamides is 1. The second kappa shape index (κ2) is 3.73. The number of hydrogen-bond acceptors (Lipinski definition) is 3. The molecule has 1 aromatic carbocycles. The third-order valence-corrected chi connectivity index (χ3v) is 3.15. The predicted molar refractivity (Wildman–Crippen MR) is 60.0 cm³/mol. The van der Waals surface area contributed by atoms with Gasteiger partial charge in [0.1, 0.15) is 0 Å². The summed E-state index contributed by atoms with van der Waals surface area (Å²) < 4.78 is 23.8. The first-order valence-electron chi connectivity index (χ1n) is 4.59. The van der Waals surface area contributed by atoms with Gasteiger partial charge in [-0.15, -0.1) is 0 Å². The van der Waals surface area contributed by atoms with E-state index in [0.717, 1.165) is 11.1 Å². The molecule has 84 valence electrons. The zero-order valence-electron chi connectivity index (χ0n) is 8.66. The molecule has 0 atom stereocenters. The number of primary sulfonamides is 1. The molecule has 2 rings (SSSR count). The van der Waals surface area contributed by atoms with Crippen molar-refractivity contribution in [2.24, 2.45) is 12.2 Å². The van der Waals surface area contributed by atoms with E-state index in [-0.39, 0.29) is 4.90 Å². The van der Waals surface area contributed by atoms with Gasteiger partial charge in [-0.25, -0.2) is 13.6 Å². The molecule has 5 nitrogen and oxygen atoms in total. The Morgan fingerprint density at radius 3 is 2.25 bits per heavy atom. The minimum Gasteiger partial charge on any atom is -0.275 e. The van der Waals surface area contributed by atoms with Crippen molar-refractivity contribution in [3.8, 4) is 11.1 Å². The van der Waals surface area contributed by atoms with Crippen molar-refractivity contribution in [2.75, 3.05) is 0 Å². The summed E-state index contributed by atoms with van der Waals surface area (Å²) in [6, 6.07) is 6.38. The van der Waals surface area contributed by atoms with Crippen LogP contribution in [0.4, 0.5) is 0 Å². The molecule has 1 aromatic heterocycles. The van der Waals surface area contributed by atoms with E-state index in [4.69, 9.17) is 5.14 Å². The molecule has 0 aliphatic heterocycles. The average Bonchev–Trinajstić information content (AvgIpc) is 2.64. The van der Waals surface area contributed by atoms with E-state index in [1.807, 2.05) is 13.2 Å². The van der Waals surface area contributed by atoms with Crippen molar-refractivity contribution in [1.82, 2.24) is 9.78 Å². The molecule has 0 bridgehead atoms. The van der Waals surface area contributed by atoms with Crippen LogP contribution in [0.5, 0.6) is 0 Å². The van der Waals surface area contributed by atoms with E-state index < -0.39 is 10.0 Å². The molecule has 2 N–H and O–H groups in total. The van der Waals surface area contributed by atoms with Gasteiger partial charge in [-0.3, -0.25) is 4.68 Å². The Kier molecular flexibility index (Phi) is 2.53. The number of aryl methyl sites for hydroxylation is 1.